The number of carboxylic acid groups (broad SMARTS) is 1. The molecule has 0 aromatic heterocycles. The van der Waals surface area contributed by atoms with E-state index in [1.54, 1.807) is 6.07 Å². The lowest BCUT2D eigenvalue weighted by Gasteiger charge is -2.08. The van der Waals surface area contributed by atoms with Crippen molar-refractivity contribution in [2.24, 2.45) is 0 Å². The standard InChI is InChI=1S/C11H11ClN2O5S/c12-9-2-1-8(6-13)10(5-9)20(17,18)14-3-4-19-7-11(15)16/h1-2,5,14H,3-4,7H2,(H,15,16). The molecule has 0 spiro atoms. The van der Waals surface area contributed by atoms with Gasteiger partial charge in [0.25, 0.3) is 0 Å². The second-order valence-electron chi connectivity index (χ2n) is 3.60. The number of sulfonamides is 1. The van der Waals surface area contributed by atoms with Crippen LogP contribution in [-0.4, -0.2) is 39.3 Å². The number of rotatable bonds is 7. The van der Waals surface area contributed by atoms with Crippen molar-refractivity contribution < 1.29 is 23.1 Å². The molecule has 1 rings (SSSR count). The lowest BCUT2D eigenvalue weighted by atomic mass is 10.2. The predicted molar refractivity (Wildman–Crippen MR) is 69.8 cm³/mol. The molecule has 1 aromatic carbocycles. The second kappa shape index (κ2) is 7.21. The Bertz CT molecular complexity index is 639. The Labute approximate surface area is 120 Å². The van der Waals surface area contributed by atoms with E-state index in [9.17, 15) is 13.2 Å². The summed E-state index contributed by atoms with van der Waals surface area (Å²) in [5.41, 5.74) is -0.0339. The van der Waals surface area contributed by atoms with E-state index >= 15 is 0 Å². The van der Waals surface area contributed by atoms with Gasteiger partial charge in [0, 0.05) is 11.6 Å². The first-order valence-electron chi connectivity index (χ1n) is 5.35. The van der Waals surface area contributed by atoms with Crippen LogP contribution in [0.3, 0.4) is 0 Å². The maximum absolute atomic E-state index is 12.0. The Kier molecular flexibility index (Phi) is 5.91. The highest BCUT2D eigenvalue weighted by atomic mass is 35.5. The average Bonchev–Trinajstić information content (AvgIpc) is 2.37. The van der Waals surface area contributed by atoms with Gasteiger partial charge in [-0.2, -0.15) is 5.26 Å². The molecular formula is C11H11ClN2O5S. The first kappa shape index (κ1) is 16.4. The normalized spacial score (nSPS) is 11.0. The number of ether oxygens (including phenoxy) is 1. The molecular weight excluding hydrogens is 308 g/mol. The third kappa shape index (κ3) is 4.79. The molecule has 2 N–H and O–H groups in total. The molecule has 0 radical (unpaired) electrons. The van der Waals surface area contributed by atoms with Gasteiger partial charge in [-0.1, -0.05) is 11.6 Å². The minimum atomic E-state index is -3.91. The third-order valence-corrected chi connectivity index (χ3v) is 3.85. The first-order chi connectivity index (χ1) is 9.36. The van der Waals surface area contributed by atoms with Crippen molar-refractivity contribution >= 4 is 27.6 Å². The van der Waals surface area contributed by atoms with Gasteiger partial charge < -0.3 is 9.84 Å². The summed E-state index contributed by atoms with van der Waals surface area (Å²) in [7, 11) is -3.91. The van der Waals surface area contributed by atoms with Gasteiger partial charge in [0.15, 0.2) is 0 Å². The highest BCUT2D eigenvalue weighted by Gasteiger charge is 2.18. The Hall–Kier alpha value is -1.66. The molecule has 7 nitrogen and oxygen atoms in total. The molecule has 0 heterocycles. The zero-order valence-corrected chi connectivity index (χ0v) is 11.7. The summed E-state index contributed by atoms with van der Waals surface area (Å²) in [6.07, 6.45) is 0. The molecule has 0 amide bonds. The zero-order chi connectivity index (χ0) is 15.2. The fourth-order valence-electron chi connectivity index (χ4n) is 1.30. The van der Waals surface area contributed by atoms with E-state index in [1.807, 2.05) is 0 Å². The van der Waals surface area contributed by atoms with E-state index in [1.165, 1.54) is 18.2 Å². The fraction of sp³-hybridized carbons (Fsp3) is 0.273. The van der Waals surface area contributed by atoms with Gasteiger partial charge in [-0.3, -0.25) is 0 Å². The van der Waals surface area contributed by atoms with Crippen molar-refractivity contribution in [3.63, 3.8) is 0 Å². The van der Waals surface area contributed by atoms with Crippen LogP contribution in [0.2, 0.25) is 5.02 Å². The van der Waals surface area contributed by atoms with Crippen LogP contribution in [0.5, 0.6) is 0 Å². The van der Waals surface area contributed by atoms with E-state index in [-0.39, 0.29) is 28.6 Å². The van der Waals surface area contributed by atoms with Crippen molar-refractivity contribution in [1.29, 1.82) is 5.26 Å². The second-order valence-corrected chi connectivity index (χ2v) is 5.77. The zero-order valence-electron chi connectivity index (χ0n) is 10.2. The summed E-state index contributed by atoms with van der Waals surface area (Å²) in [6, 6.07) is 5.64. The van der Waals surface area contributed by atoms with Crippen LogP contribution in [0.1, 0.15) is 5.56 Å². The molecule has 20 heavy (non-hydrogen) atoms. The number of benzene rings is 1. The van der Waals surface area contributed by atoms with Gasteiger partial charge >= 0.3 is 5.97 Å². The van der Waals surface area contributed by atoms with Crippen molar-refractivity contribution in [1.82, 2.24) is 4.72 Å². The van der Waals surface area contributed by atoms with Crippen LogP contribution in [0.4, 0.5) is 0 Å². The summed E-state index contributed by atoms with van der Waals surface area (Å²) in [6.45, 7) is -0.733. The molecule has 108 valence electrons. The van der Waals surface area contributed by atoms with Gasteiger partial charge in [0.2, 0.25) is 10.0 Å². The van der Waals surface area contributed by atoms with Crippen LogP contribution in [0.15, 0.2) is 23.1 Å². The molecule has 0 bridgehead atoms. The maximum Gasteiger partial charge on any atom is 0.329 e. The quantitative estimate of drug-likeness (QED) is 0.711. The minimum Gasteiger partial charge on any atom is -0.480 e. The number of carboxylic acids is 1. The van der Waals surface area contributed by atoms with Gasteiger partial charge in [-0.05, 0) is 18.2 Å². The Morgan fingerprint density at radius 3 is 2.80 bits per heavy atom. The topological polar surface area (TPSA) is 116 Å². The SMILES string of the molecule is N#Cc1ccc(Cl)cc1S(=O)(=O)NCCOCC(=O)O. The maximum atomic E-state index is 12.0. The minimum absolute atomic E-state index is 0.0339. The molecule has 0 saturated carbocycles. The van der Waals surface area contributed by atoms with E-state index in [4.69, 9.17) is 22.0 Å². The summed E-state index contributed by atoms with van der Waals surface area (Å²) >= 11 is 5.71. The molecule has 0 fully saturated rings. The number of nitrogens with one attached hydrogen (secondary N) is 1. The van der Waals surface area contributed by atoms with E-state index in [0.717, 1.165) is 0 Å². The van der Waals surface area contributed by atoms with Crippen LogP contribution < -0.4 is 4.72 Å². The highest BCUT2D eigenvalue weighted by Crippen LogP contribution is 2.19. The van der Waals surface area contributed by atoms with Gasteiger partial charge in [0.1, 0.15) is 17.6 Å². The fourth-order valence-corrected chi connectivity index (χ4v) is 2.73. The molecule has 9 heteroatoms. The van der Waals surface area contributed by atoms with Crippen LogP contribution in [0.25, 0.3) is 0 Å². The third-order valence-electron chi connectivity index (χ3n) is 2.12. The van der Waals surface area contributed by atoms with Gasteiger partial charge in [0.05, 0.1) is 12.2 Å². The monoisotopic (exact) mass is 318 g/mol. The molecule has 0 aliphatic rings. The summed E-state index contributed by atoms with van der Waals surface area (Å²) in [5.74, 6) is -1.14. The smallest absolute Gasteiger partial charge is 0.329 e. The van der Waals surface area contributed by atoms with Crippen LogP contribution in [-0.2, 0) is 19.6 Å². The molecule has 0 atom stereocenters. The number of hydrogen-bond acceptors (Lipinski definition) is 5. The Balaban J connectivity index is 2.72. The highest BCUT2D eigenvalue weighted by molar-refractivity contribution is 7.89. The van der Waals surface area contributed by atoms with Gasteiger partial charge in [-0.25, -0.2) is 17.9 Å². The number of hydrogen-bond donors (Lipinski definition) is 2. The van der Waals surface area contributed by atoms with Crippen LogP contribution in [0, 0.1) is 11.3 Å². The van der Waals surface area contributed by atoms with E-state index < -0.39 is 22.6 Å². The largest absolute Gasteiger partial charge is 0.480 e. The number of nitrogens with zero attached hydrogens (tertiary/aromatic N) is 1. The number of aliphatic carboxylic acids is 1. The van der Waals surface area contributed by atoms with E-state index in [2.05, 4.69) is 9.46 Å². The molecule has 0 saturated heterocycles. The van der Waals surface area contributed by atoms with Crippen molar-refractivity contribution in [2.45, 2.75) is 4.90 Å². The van der Waals surface area contributed by atoms with Crippen LogP contribution >= 0.6 is 11.6 Å². The van der Waals surface area contributed by atoms with Crippen molar-refractivity contribution in [2.75, 3.05) is 19.8 Å². The van der Waals surface area contributed by atoms with Crippen molar-refractivity contribution in [3.8, 4) is 6.07 Å². The predicted octanol–water partition coefficient (Wildman–Crippen LogP) is 0.591. The molecule has 1 aromatic rings. The number of halogens is 1. The molecule has 0 aliphatic heterocycles. The molecule has 0 unspecified atom stereocenters. The molecule has 0 aliphatic carbocycles. The first-order valence-corrected chi connectivity index (χ1v) is 7.22. The van der Waals surface area contributed by atoms with E-state index in [0.29, 0.717) is 0 Å². The summed E-state index contributed by atoms with van der Waals surface area (Å²) in [4.78, 5) is 9.96. The van der Waals surface area contributed by atoms with Gasteiger partial charge in [-0.15, -0.1) is 0 Å². The van der Waals surface area contributed by atoms with Crippen molar-refractivity contribution in [3.05, 3.63) is 28.8 Å². The number of nitriles is 1. The lowest BCUT2D eigenvalue weighted by molar-refractivity contribution is -0.142. The average molecular weight is 319 g/mol. The lowest BCUT2D eigenvalue weighted by Crippen LogP contribution is -2.28. The summed E-state index contributed by atoms with van der Waals surface area (Å²) in [5, 5.41) is 17.4. The summed E-state index contributed by atoms with van der Waals surface area (Å²) < 4.78 is 30.8. The Morgan fingerprint density at radius 2 is 2.20 bits per heavy atom. The number of carbonyl (C=O) groups is 1. The Morgan fingerprint density at radius 1 is 1.50 bits per heavy atom.